The number of benzene rings is 1. The summed E-state index contributed by atoms with van der Waals surface area (Å²) in [5.74, 6) is 0.0481. The number of hydrogen-bond acceptors (Lipinski definition) is 4. The predicted octanol–water partition coefficient (Wildman–Crippen LogP) is 1.84. The van der Waals surface area contributed by atoms with Crippen molar-refractivity contribution in [2.45, 2.75) is 31.7 Å². The van der Waals surface area contributed by atoms with Crippen molar-refractivity contribution >= 4 is 11.4 Å². The molecular weight excluding hydrogens is 255 g/mol. The highest BCUT2D eigenvalue weighted by Gasteiger charge is 2.29. The lowest BCUT2D eigenvalue weighted by atomic mass is 10.1. The first-order valence-corrected chi connectivity index (χ1v) is 6.67. The third kappa shape index (κ3) is 3.84. The zero-order valence-corrected chi connectivity index (χ0v) is 11.8. The van der Waals surface area contributed by atoms with E-state index in [0.717, 1.165) is 0 Å². The summed E-state index contributed by atoms with van der Waals surface area (Å²) in [5.41, 5.74) is 6.05. The average Bonchev–Trinajstić information content (AvgIpc) is 2.28. The van der Waals surface area contributed by atoms with Gasteiger partial charge in [-0.3, -0.25) is 0 Å². The molecular formula is C12H19FN2O2S. The van der Waals surface area contributed by atoms with Gasteiger partial charge < -0.3 is 15.0 Å². The minimum atomic E-state index is -1.37. The second-order valence-corrected chi connectivity index (χ2v) is 6.86. The van der Waals surface area contributed by atoms with Crippen LogP contribution < -0.4 is 15.2 Å². The van der Waals surface area contributed by atoms with Crippen LogP contribution in [0.5, 0.6) is 5.75 Å². The number of methoxy groups -OCH3 is 1. The van der Waals surface area contributed by atoms with Gasteiger partial charge in [0.25, 0.3) is 0 Å². The van der Waals surface area contributed by atoms with Crippen LogP contribution >= 0.6 is 0 Å². The summed E-state index contributed by atoms with van der Waals surface area (Å²) in [5, 5.41) is 0. The van der Waals surface area contributed by atoms with Crippen LogP contribution in [0.2, 0.25) is 0 Å². The smallest absolute Gasteiger partial charge is 0.137 e. The van der Waals surface area contributed by atoms with E-state index < -0.39 is 28.1 Å². The monoisotopic (exact) mass is 274 g/mol. The minimum absolute atomic E-state index is 0.229. The van der Waals surface area contributed by atoms with Crippen molar-refractivity contribution in [2.24, 2.45) is 5.73 Å². The molecule has 0 heterocycles. The van der Waals surface area contributed by atoms with Gasteiger partial charge in [0.1, 0.15) is 22.5 Å². The summed E-state index contributed by atoms with van der Waals surface area (Å²) in [6, 6.07) is 4.27. The molecule has 0 radical (unpaired) electrons. The maximum Gasteiger partial charge on any atom is 0.137 e. The molecule has 0 aromatic heterocycles. The van der Waals surface area contributed by atoms with Crippen molar-refractivity contribution in [3.63, 3.8) is 0 Å². The molecule has 1 unspecified atom stereocenters. The molecule has 0 aliphatic rings. The Bertz CT molecular complexity index is 410. The summed E-state index contributed by atoms with van der Waals surface area (Å²) < 4.78 is 32.7. The van der Waals surface area contributed by atoms with E-state index in [1.807, 2.05) is 20.8 Å². The van der Waals surface area contributed by atoms with E-state index in [4.69, 9.17) is 10.5 Å². The van der Waals surface area contributed by atoms with Crippen LogP contribution in [0.15, 0.2) is 18.2 Å². The van der Waals surface area contributed by atoms with E-state index >= 15 is 0 Å². The molecule has 1 aromatic rings. The number of hydrogen-bond donors (Lipinski definition) is 2. The molecule has 0 saturated carbocycles. The first kappa shape index (κ1) is 15.2. The maximum atomic E-state index is 13.6. The van der Waals surface area contributed by atoms with Crippen molar-refractivity contribution in [1.82, 2.24) is 4.72 Å². The maximum absolute atomic E-state index is 13.6. The average molecular weight is 274 g/mol. The molecule has 0 aliphatic carbocycles. The molecule has 0 amide bonds. The van der Waals surface area contributed by atoms with Gasteiger partial charge in [-0.2, -0.15) is 0 Å². The molecule has 18 heavy (non-hydrogen) atoms. The van der Waals surface area contributed by atoms with Gasteiger partial charge in [0.15, 0.2) is 0 Å². The van der Waals surface area contributed by atoms with E-state index in [1.54, 1.807) is 0 Å². The molecule has 1 aromatic carbocycles. The Balaban J connectivity index is 2.87. The lowest BCUT2D eigenvalue weighted by Crippen LogP contribution is -2.44. The molecule has 0 aliphatic heterocycles. The number of rotatable bonds is 4. The second kappa shape index (κ2) is 5.88. The number of ether oxygens (including phenoxy) is 1. The second-order valence-electron chi connectivity index (χ2n) is 4.86. The van der Waals surface area contributed by atoms with Gasteiger partial charge in [-0.05, 0) is 39.0 Å². The normalized spacial score (nSPS) is 15.3. The highest BCUT2D eigenvalue weighted by Crippen LogP contribution is 2.22. The lowest BCUT2D eigenvalue weighted by Gasteiger charge is -2.26. The van der Waals surface area contributed by atoms with Crippen LogP contribution in [-0.2, 0) is 11.4 Å². The van der Waals surface area contributed by atoms with Crippen LogP contribution in [-0.4, -0.2) is 16.4 Å². The SMILES string of the molecule is COc1ccc(F)c([C@H](N)N[S+]([O-])C(C)(C)C)c1. The molecule has 0 fully saturated rings. The van der Waals surface area contributed by atoms with E-state index in [9.17, 15) is 8.94 Å². The Labute approximate surface area is 110 Å². The number of nitrogens with one attached hydrogen (secondary N) is 1. The van der Waals surface area contributed by atoms with Gasteiger partial charge in [-0.25, -0.2) is 4.39 Å². The first-order valence-electron chi connectivity index (χ1n) is 5.52. The van der Waals surface area contributed by atoms with Crippen LogP contribution in [0.1, 0.15) is 32.5 Å². The summed E-state index contributed by atoms with van der Waals surface area (Å²) in [6.07, 6.45) is -0.847. The van der Waals surface area contributed by atoms with Crippen molar-refractivity contribution in [1.29, 1.82) is 0 Å². The topological polar surface area (TPSA) is 70.3 Å². The standard InChI is InChI=1S/C12H19FN2O2S/c1-12(2,3)18(16)15-11(14)9-7-8(17-4)5-6-10(9)13/h5-7,11,15H,14H2,1-4H3/t11-,18?/m1/s1. The molecule has 2 atom stereocenters. The third-order valence-corrected chi connectivity index (χ3v) is 3.91. The molecule has 4 nitrogen and oxygen atoms in total. The summed E-state index contributed by atoms with van der Waals surface area (Å²) in [4.78, 5) is 0. The van der Waals surface area contributed by atoms with Crippen molar-refractivity contribution in [3.05, 3.63) is 29.6 Å². The van der Waals surface area contributed by atoms with E-state index in [2.05, 4.69) is 4.72 Å². The minimum Gasteiger partial charge on any atom is -0.598 e. The third-order valence-electron chi connectivity index (χ3n) is 2.33. The number of halogens is 1. The Hall–Kier alpha value is -0.820. The largest absolute Gasteiger partial charge is 0.598 e. The fourth-order valence-electron chi connectivity index (χ4n) is 1.24. The van der Waals surface area contributed by atoms with Gasteiger partial charge in [0.2, 0.25) is 0 Å². The Morgan fingerprint density at radius 2 is 2.06 bits per heavy atom. The summed E-state index contributed by atoms with van der Waals surface area (Å²) >= 11 is -1.37. The van der Waals surface area contributed by atoms with Gasteiger partial charge in [0, 0.05) is 16.9 Å². The quantitative estimate of drug-likeness (QED) is 0.649. The summed E-state index contributed by atoms with van der Waals surface area (Å²) in [7, 11) is 1.49. The van der Waals surface area contributed by atoms with Crippen molar-refractivity contribution in [2.75, 3.05) is 7.11 Å². The van der Waals surface area contributed by atoms with Gasteiger partial charge in [-0.15, -0.1) is 4.72 Å². The zero-order chi connectivity index (χ0) is 13.9. The fraction of sp³-hybridized carbons (Fsp3) is 0.500. The molecule has 0 saturated heterocycles. The van der Waals surface area contributed by atoms with Crippen molar-refractivity contribution < 1.29 is 13.7 Å². The van der Waals surface area contributed by atoms with Crippen molar-refractivity contribution in [3.8, 4) is 5.75 Å². The molecule has 6 heteroatoms. The van der Waals surface area contributed by atoms with E-state index in [-0.39, 0.29) is 5.56 Å². The van der Waals surface area contributed by atoms with Gasteiger partial charge >= 0.3 is 0 Å². The molecule has 3 N–H and O–H groups in total. The highest BCUT2D eigenvalue weighted by atomic mass is 32.2. The highest BCUT2D eigenvalue weighted by molar-refractivity contribution is 7.90. The Morgan fingerprint density at radius 1 is 1.44 bits per heavy atom. The first-order chi connectivity index (χ1) is 8.25. The van der Waals surface area contributed by atoms with Crippen LogP contribution in [0, 0.1) is 5.82 Å². The molecule has 102 valence electrons. The molecule has 0 bridgehead atoms. The van der Waals surface area contributed by atoms with E-state index in [0.29, 0.717) is 5.75 Å². The van der Waals surface area contributed by atoms with Gasteiger partial charge in [0.05, 0.1) is 7.11 Å². The molecule has 0 spiro atoms. The van der Waals surface area contributed by atoms with Crippen LogP contribution in [0.4, 0.5) is 4.39 Å². The Kier molecular flexibility index (Phi) is 4.98. The zero-order valence-electron chi connectivity index (χ0n) is 11.0. The van der Waals surface area contributed by atoms with Crippen LogP contribution in [0.25, 0.3) is 0 Å². The van der Waals surface area contributed by atoms with Crippen LogP contribution in [0.3, 0.4) is 0 Å². The fourth-order valence-corrected chi connectivity index (χ4v) is 1.95. The van der Waals surface area contributed by atoms with E-state index in [1.165, 1.54) is 25.3 Å². The van der Waals surface area contributed by atoms with Gasteiger partial charge in [-0.1, -0.05) is 0 Å². The summed E-state index contributed by atoms with van der Waals surface area (Å²) in [6.45, 7) is 5.43. The number of nitrogens with two attached hydrogens (primary N) is 1. The molecule has 1 rings (SSSR count). The lowest BCUT2D eigenvalue weighted by molar-refractivity contribution is 0.411. The predicted molar refractivity (Wildman–Crippen MR) is 70.9 cm³/mol. The Morgan fingerprint density at radius 3 is 2.56 bits per heavy atom.